The maximum Gasteiger partial charge on any atom is 0.339 e. The monoisotopic (exact) mass is 261 g/mol. The molecule has 19 heavy (non-hydrogen) atoms. The van der Waals surface area contributed by atoms with Gasteiger partial charge in [0.05, 0.1) is 11.3 Å². The summed E-state index contributed by atoms with van der Waals surface area (Å²) >= 11 is 0. The summed E-state index contributed by atoms with van der Waals surface area (Å²) in [7, 11) is 1.68. The molecule has 0 atom stereocenters. The Morgan fingerprint density at radius 3 is 2.74 bits per heavy atom. The number of halogens is 1. The first-order valence-electron chi connectivity index (χ1n) is 5.55. The van der Waals surface area contributed by atoms with E-state index < -0.39 is 5.97 Å². The highest BCUT2D eigenvalue weighted by Gasteiger charge is 2.13. The molecule has 6 heteroatoms. The summed E-state index contributed by atoms with van der Waals surface area (Å²) in [6.45, 7) is 1.59. The second-order valence-electron chi connectivity index (χ2n) is 4.01. The molecule has 0 unspecified atom stereocenters. The van der Waals surface area contributed by atoms with E-state index >= 15 is 0 Å². The number of nitrogens with zero attached hydrogens (tertiary/aromatic N) is 3. The summed E-state index contributed by atoms with van der Waals surface area (Å²) in [6, 6.07) is 5.99. The molecule has 0 bridgehead atoms. The number of rotatable bonds is 3. The Morgan fingerprint density at radius 2 is 2.16 bits per heavy atom. The number of carboxylic acids is 1. The van der Waals surface area contributed by atoms with Gasteiger partial charge in [-0.05, 0) is 25.1 Å². The van der Waals surface area contributed by atoms with Crippen LogP contribution >= 0.6 is 0 Å². The zero-order valence-electron chi connectivity index (χ0n) is 10.5. The standard InChI is InChI=1S/C13H12FN3O2/c1-8-11(12(18)19)7-15-13(16-8)17(2)10-5-3-4-9(14)6-10/h3-7H,1-2H3,(H,18,19). The van der Waals surface area contributed by atoms with Crippen molar-refractivity contribution in [3.8, 4) is 0 Å². The number of aromatic carboxylic acids is 1. The largest absolute Gasteiger partial charge is 0.478 e. The van der Waals surface area contributed by atoms with Gasteiger partial charge in [0, 0.05) is 18.9 Å². The van der Waals surface area contributed by atoms with Crippen molar-refractivity contribution in [2.24, 2.45) is 0 Å². The van der Waals surface area contributed by atoms with E-state index in [1.54, 1.807) is 31.0 Å². The number of aryl methyl sites for hydroxylation is 1. The lowest BCUT2D eigenvalue weighted by atomic mass is 10.2. The predicted molar refractivity (Wildman–Crippen MR) is 68.2 cm³/mol. The predicted octanol–water partition coefficient (Wildman–Crippen LogP) is 2.39. The summed E-state index contributed by atoms with van der Waals surface area (Å²) in [6.07, 6.45) is 1.25. The molecule has 2 rings (SSSR count). The van der Waals surface area contributed by atoms with Crippen LogP contribution in [0.15, 0.2) is 30.5 Å². The molecule has 0 spiro atoms. The molecule has 5 nitrogen and oxygen atoms in total. The third-order valence-corrected chi connectivity index (χ3v) is 2.69. The van der Waals surface area contributed by atoms with Crippen LogP contribution in [0.3, 0.4) is 0 Å². The van der Waals surface area contributed by atoms with E-state index in [-0.39, 0.29) is 11.4 Å². The normalized spacial score (nSPS) is 10.3. The lowest BCUT2D eigenvalue weighted by Gasteiger charge is -2.17. The van der Waals surface area contributed by atoms with Crippen molar-refractivity contribution in [3.05, 3.63) is 47.5 Å². The Hall–Kier alpha value is -2.50. The van der Waals surface area contributed by atoms with Crippen LogP contribution in [0.4, 0.5) is 16.0 Å². The van der Waals surface area contributed by atoms with Gasteiger partial charge in [0.25, 0.3) is 0 Å². The highest BCUT2D eigenvalue weighted by molar-refractivity contribution is 5.88. The van der Waals surface area contributed by atoms with Crippen LogP contribution in [0.25, 0.3) is 0 Å². The fourth-order valence-electron chi connectivity index (χ4n) is 1.63. The van der Waals surface area contributed by atoms with Crippen LogP contribution in [0, 0.1) is 12.7 Å². The molecular weight excluding hydrogens is 249 g/mol. The van der Waals surface area contributed by atoms with Crippen LogP contribution in [0.2, 0.25) is 0 Å². The van der Waals surface area contributed by atoms with E-state index in [0.29, 0.717) is 17.3 Å². The highest BCUT2D eigenvalue weighted by Crippen LogP contribution is 2.21. The van der Waals surface area contributed by atoms with Crippen LogP contribution in [0.1, 0.15) is 16.1 Å². The topological polar surface area (TPSA) is 66.3 Å². The van der Waals surface area contributed by atoms with Gasteiger partial charge in [-0.2, -0.15) is 0 Å². The van der Waals surface area contributed by atoms with E-state index in [2.05, 4.69) is 9.97 Å². The quantitative estimate of drug-likeness (QED) is 0.918. The van der Waals surface area contributed by atoms with Crippen LogP contribution < -0.4 is 4.90 Å². The van der Waals surface area contributed by atoms with Gasteiger partial charge in [-0.1, -0.05) is 6.07 Å². The summed E-state index contributed by atoms with van der Waals surface area (Å²) in [5.41, 5.74) is 1.000. The Labute approximate surface area is 109 Å². The maximum absolute atomic E-state index is 13.1. The van der Waals surface area contributed by atoms with Crippen molar-refractivity contribution < 1.29 is 14.3 Å². The molecule has 2 aromatic rings. The van der Waals surface area contributed by atoms with Crippen LogP contribution in [0.5, 0.6) is 0 Å². The second-order valence-corrected chi connectivity index (χ2v) is 4.01. The van der Waals surface area contributed by atoms with Gasteiger partial charge < -0.3 is 10.0 Å². The minimum atomic E-state index is -1.07. The van der Waals surface area contributed by atoms with Gasteiger partial charge in [-0.25, -0.2) is 19.2 Å². The van der Waals surface area contributed by atoms with Crippen molar-refractivity contribution >= 4 is 17.6 Å². The van der Waals surface area contributed by atoms with Crippen molar-refractivity contribution in [1.29, 1.82) is 0 Å². The first kappa shape index (κ1) is 12.9. The van der Waals surface area contributed by atoms with E-state index in [0.717, 1.165) is 0 Å². The number of carboxylic acid groups (broad SMARTS) is 1. The molecule has 1 heterocycles. The average Bonchev–Trinajstić information content (AvgIpc) is 2.37. The van der Waals surface area contributed by atoms with Gasteiger partial charge in [-0.15, -0.1) is 0 Å². The molecule has 0 radical (unpaired) electrons. The van der Waals surface area contributed by atoms with Gasteiger partial charge in [0.1, 0.15) is 5.82 Å². The third kappa shape index (κ3) is 2.67. The summed E-state index contributed by atoms with van der Waals surface area (Å²) < 4.78 is 13.1. The van der Waals surface area contributed by atoms with Crippen molar-refractivity contribution in [2.75, 3.05) is 11.9 Å². The minimum Gasteiger partial charge on any atom is -0.478 e. The van der Waals surface area contributed by atoms with Gasteiger partial charge >= 0.3 is 5.97 Å². The molecule has 0 saturated carbocycles. The zero-order chi connectivity index (χ0) is 14.0. The number of carbonyl (C=O) groups is 1. The molecule has 0 aliphatic rings. The van der Waals surface area contributed by atoms with Crippen LogP contribution in [-0.2, 0) is 0 Å². The molecule has 0 amide bonds. The van der Waals surface area contributed by atoms with E-state index in [9.17, 15) is 9.18 Å². The second kappa shape index (κ2) is 5.01. The summed E-state index contributed by atoms with van der Waals surface area (Å²) in [5.74, 6) is -1.12. The Kier molecular flexibility index (Phi) is 3.41. The molecule has 0 saturated heterocycles. The molecule has 0 fully saturated rings. The zero-order valence-corrected chi connectivity index (χ0v) is 10.5. The molecule has 0 aliphatic heterocycles. The van der Waals surface area contributed by atoms with Crippen LogP contribution in [-0.4, -0.2) is 28.1 Å². The molecule has 98 valence electrons. The van der Waals surface area contributed by atoms with E-state index in [4.69, 9.17) is 5.11 Å². The molecule has 1 aromatic heterocycles. The Morgan fingerprint density at radius 1 is 1.42 bits per heavy atom. The van der Waals surface area contributed by atoms with Gasteiger partial charge in [-0.3, -0.25) is 0 Å². The molecule has 1 N–H and O–H groups in total. The van der Waals surface area contributed by atoms with Crippen molar-refractivity contribution in [3.63, 3.8) is 0 Å². The number of anilines is 2. The molecular formula is C13H12FN3O2. The lowest BCUT2D eigenvalue weighted by molar-refractivity contribution is 0.0695. The lowest BCUT2D eigenvalue weighted by Crippen LogP contribution is -2.15. The van der Waals surface area contributed by atoms with Gasteiger partial charge in [0.15, 0.2) is 0 Å². The third-order valence-electron chi connectivity index (χ3n) is 2.69. The van der Waals surface area contributed by atoms with Gasteiger partial charge in [0.2, 0.25) is 5.95 Å². The van der Waals surface area contributed by atoms with E-state index in [1.165, 1.54) is 18.3 Å². The Balaban J connectivity index is 2.37. The number of hydrogen-bond acceptors (Lipinski definition) is 4. The summed E-state index contributed by atoms with van der Waals surface area (Å²) in [5, 5.41) is 8.91. The SMILES string of the molecule is Cc1nc(N(C)c2cccc(F)c2)ncc1C(=O)O. The number of benzene rings is 1. The molecule has 1 aromatic carbocycles. The number of aromatic nitrogens is 2. The maximum atomic E-state index is 13.1. The first-order valence-corrected chi connectivity index (χ1v) is 5.55. The Bertz CT molecular complexity index is 631. The fraction of sp³-hybridized carbons (Fsp3) is 0.154. The number of hydrogen-bond donors (Lipinski definition) is 1. The van der Waals surface area contributed by atoms with Crippen molar-refractivity contribution in [1.82, 2.24) is 9.97 Å². The summed E-state index contributed by atoms with van der Waals surface area (Å²) in [4.78, 5) is 20.5. The molecule has 0 aliphatic carbocycles. The highest BCUT2D eigenvalue weighted by atomic mass is 19.1. The minimum absolute atomic E-state index is 0.0522. The first-order chi connectivity index (χ1) is 8.99. The van der Waals surface area contributed by atoms with E-state index in [1.807, 2.05) is 0 Å². The smallest absolute Gasteiger partial charge is 0.339 e. The van der Waals surface area contributed by atoms with Crippen molar-refractivity contribution in [2.45, 2.75) is 6.92 Å². The average molecular weight is 261 g/mol. The fourth-order valence-corrected chi connectivity index (χ4v) is 1.63.